The second-order valence-electron chi connectivity index (χ2n) is 4.29. The number of benzene rings is 1. The standard InChI is InChI=1S/C12H17F2NO/c1-6(2)8-4-9(7(3)15)11(16)10(5-8)12(13)14/h4-7,12,16H,15H2,1-3H3. The van der Waals surface area contributed by atoms with E-state index < -0.39 is 12.5 Å². The first kappa shape index (κ1) is 12.9. The Balaban J connectivity index is 3.39. The van der Waals surface area contributed by atoms with Gasteiger partial charge in [0.1, 0.15) is 5.75 Å². The molecule has 1 aromatic rings. The van der Waals surface area contributed by atoms with Gasteiger partial charge in [-0.3, -0.25) is 0 Å². The molecule has 0 aliphatic rings. The van der Waals surface area contributed by atoms with E-state index in [2.05, 4.69) is 0 Å². The fourth-order valence-electron chi connectivity index (χ4n) is 1.55. The summed E-state index contributed by atoms with van der Waals surface area (Å²) in [6, 6.07) is 2.57. The summed E-state index contributed by atoms with van der Waals surface area (Å²) in [7, 11) is 0. The molecule has 90 valence electrons. The Labute approximate surface area is 94.1 Å². The molecule has 1 aromatic carbocycles. The third kappa shape index (κ3) is 2.50. The monoisotopic (exact) mass is 229 g/mol. The quantitative estimate of drug-likeness (QED) is 0.833. The zero-order valence-corrected chi connectivity index (χ0v) is 9.67. The number of aromatic hydroxyl groups is 1. The Bertz CT molecular complexity index is 346. The molecule has 3 N–H and O–H groups in total. The maximum atomic E-state index is 12.7. The molecule has 1 rings (SSSR count). The summed E-state index contributed by atoms with van der Waals surface area (Å²) in [5.41, 5.74) is 6.45. The molecule has 0 aliphatic heterocycles. The van der Waals surface area contributed by atoms with Crippen LogP contribution in [0, 0.1) is 0 Å². The van der Waals surface area contributed by atoms with Crippen LogP contribution < -0.4 is 5.73 Å². The van der Waals surface area contributed by atoms with Gasteiger partial charge in [-0.1, -0.05) is 19.9 Å². The molecule has 0 spiro atoms. The van der Waals surface area contributed by atoms with Crippen LogP contribution in [0.25, 0.3) is 0 Å². The van der Waals surface area contributed by atoms with E-state index in [1.54, 1.807) is 13.0 Å². The molecular formula is C12H17F2NO. The number of alkyl halides is 2. The number of rotatable bonds is 3. The SMILES string of the molecule is CC(C)c1cc(C(C)N)c(O)c(C(F)F)c1. The van der Waals surface area contributed by atoms with Crippen LogP contribution in [0.2, 0.25) is 0 Å². The van der Waals surface area contributed by atoms with E-state index in [0.29, 0.717) is 5.56 Å². The summed E-state index contributed by atoms with van der Waals surface area (Å²) in [6.45, 7) is 5.48. The predicted molar refractivity (Wildman–Crippen MR) is 59.8 cm³/mol. The Morgan fingerprint density at radius 3 is 2.00 bits per heavy atom. The van der Waals surface area contributed by atoms with Crippen molar-refractivity contribution in [3.05, 3.63) is 28.8 Å². The average Bonchev–Trinajstić information content (AvgIpc) is 2.16. The van der Waals surface area contributed by atoms with Crippen LogP contribution in [0.4, 0.5) is 8.78 Å². The minimum absolute atomic E-state index is 0.121. The Morgan fingerprint density at radius 2 is 1.62 bits per heavy atom. The van der Waals surface area contributed by atoms with Crippen LogP contribution in [0.15, 0.2) is 12.1 Å². The van der Waals surface area contributed by atoms with E-state index in [1.807, 2.05) is 13.8 Å². The largest absolute Gasteiger partial charge is 0.507 e. The van der Waals surface area contributed by atoms with Crippen molar-refractivity contribution in [1.82, 2.24) is 0 Å². The molecule has 0 bridgehead atoms. The van der Waals surface area contributed by atoms with Gasteiger partial charge in [0.2, 0.25) is 0 Å². The second kappa shape index (κ2) is 4.78. The maximum Gasteiger partial charge on any atom is 0.267 e. The highest BCUT2D eigenvalue weighted by molar-refractivity contribution is 5.46. The van der Waals surface area contributed by atoms with Crippen molar-refractivity contribution in [1.29, 1.82) is 0 Å². The lowest BCUT2D eigenvalue weighted by Gasteiger charge is -2.16. The highest BCUT2D eigenvalue weighted by Crippen LogP contribution is 2.36. The average molecular weight is 229 g/mol. The van der Waals surface area contributed by atoms with Gasteiger partial charge in [-0.15, -0.1) is 0 Å². The summed E-state index contributed by atoms with van der Waals surface area (Å²) in [5, 5.41) is 9.68. The molecule has 2 nitrogen and oxygen atoms in total. The van der Waals surface area contributed by atoms with Crippen LogP contribution in [-0.2, 0) is 0 Å². The Kier molecular flexibility index (Phi) is 3.86. The summed E-state index contributed by atoms with van der Waals surface area (Å²) in [4.78, 5) is 0. The molecule has 0 amide bonds. The lowest BCUT2D eigenvalue weighted by molar-refractivity contribution is 0.147. The minimum Gasteiger partial charge on any atom is -0.507 e. The normalized spacial score (nSPS) is 13.5. The molecule has 0 saturated heterocycles. The first-order valence-corrected chi connectivity index (χ1v) is 5.25. The van der Waals surface area contributed by atoms with Crippen molar-refractivity contribution in [2.24, 2.45) is 5.73 Å². The molecule has 0 saturated carbocycles. The number of halogens is 2. The smallest absolute Gasteiger partial charge is 0.267 e. The van der Waals surface area contributed by atoms with Crippen molar-refractivity contribution >= 4 is 0 Å². The van der Waals surface area contributed by atoms with E-state index >= 15 is 0 Å². The summed E-state index contributed by atoms with van der Waals surface area (Å²) in [5.74, 6) is -0.259. The van der Waals surface area contributed by atoms with E-state index in [-0.39, 0.29) is 17.2 Å². The van der Waals surface area contributed by atoms with Gasteiger partial charge in [0.25, 0.3) is 6.43 Å². The van der Waals surface area contributed by atoms with Crippen molar-refractivity contribution in [3.8, 4) is 5.75 Å². The summed E-state index contributed by atoms with van der Waals surface area (Å²) < 4.78 is 25.4. The molecule has 1 atom stereocenters. The molecule has 16 heavy (non-hydrogen) atoms. The Morgan fingerprint density at radius 1 is 1.12 bits per heavy atom. The Hall–Kier alpha value is -1.16. The third-order valence-electron chi connectivity index (χ3n) is 2.58. The molecule has 0 aromatic heterocycles. The third-order valence-corrected chi connectivity index (χ3v) is 2.58. The van der Waals surface area contributed by atoms with Gasteiger partial charge in [-0.2, -0.15) is 0 Å². The predicted octanol–water partition coefficient (Wildman–Crippen LogP) is 3.47. The number of hydrogen-bond acceptors (Lipinski definition) is 2. The molecule has 0 fully saturated rings. The number of nitrogens with two attached hydrogens (primary N) is 1. The molecule has 0 radical (unpaired) electrons. The van der Waals surface area contributed by atoms with Gasteiger partial charge in [0.15, 0.2) is 0 Å². The van der Waals surface area contributed by atoms with Gasteiger partial charge in [-0.05, 0) is 24.5 Å². The van der Waals surface area contributed by atoms with Crippen LogP contribution in [0.1, 0.15) is 55.8 Å². The molecular weight excluding hydrogens is 212 g/mol. The molecule has 1 unspecified atom stereocenters. The van der Waals surface area contributed by atoms with Crippen molar-refractivity contribution < 1.29 is 13.9 Å². The van der Waals surface area contributed by atoms with E-state index in [0.717, 1.165) is 5.56 Å². The van der Waals surface area contributed by atoms with Gasteiger partial charge in [0, 0.05) is 11.6 Å². The maximum absolute atomic E-state index is 12.7. The summed E-state index contributed by atoms with van der Waals surface area (Å²) >= 11 is 0. The number of phenolic OH excluding ortho intramolecular Hbond substituents is 1. The fourth-order valence-corrected chi connectivity index (χ4v) is 1.55. The van der Waals surface area contributed by atoms with Crippen molar-refractivity contribution in [3.63, 3.8) is 0 Å². The highest BCUT2D eigenvalue weighted by Gasteiger charge is 2.19. The molecule has 4 heteroatoms. The zero-order valence-electron chi connectivity index (χ0n) is 9.67. The van der Waals surface area contributed by atoms with E-state index in [4.69, 9.17) is 5.73 Å². The van der Waals surface area contributed by atoms with E-state index in [9.17, 15) is 13.9 Å². The first-order chi connectivity index (χ1) is 7.34. The first-order valence-electron chi connectivity index (χ1n) is 5.25. The van der Waals surface area contributed by atoms with Crippen molar-refractivity contribution in [2.75, 3.05) is 0 Å². The van der Waals surface area contributed by atoms with Gasteiger partial charge < -0.3 is 10.8 Å². The lowest BCUT2D eigenvalue weighted by atomic mass is 9.94. The van der Waals surface area contributed by atoms with E-state index in [1.165, 1.54) is 6.07 Å². The number of hydrogen-bond donors (Lipinski definition) is 2. The van der Waals surface area contributed by atoms with Gasteiger partial charge >= 0.3 is 0 Å². The van der Waals surface area contributed by atoms with Crippen molar-refractivity contribution in [2.45, 2.75) is 39.2 Å². The second-order valence-corrected chi connectivity index (χ2v) is 4.29. The van der Waals surface area contributed by atoms with Crippen LogP contribution in [0.5, 0.6) is 5.75 Å². The fraction of sp³-hybridized carbons (Fsp3) is 0.500. The highest BCUT2D eigenvalue weighted by atomic mass is 19.3. The zero-order chi connectivity index (χ0) is 12.5. The molecule has 0 heterocycles. The minimum atomic E-state index is -2.68. The summed E-state index contributed by atoms with van der Waals surface area (Å²) in [6.07, 6.45) is -2.68. The van der Waals surface area contributed by atoms with Crippen LogP contribution in [-0.4, -0.2) is 5.11 Å². The lowest BCUT2D eigenvalue weighted by Crippen LogP contribution is -2.08. The molecule has 0 aliphatic carbocycles. The van der Waals surface area contributed by atoms with Crippen LogP contribution >= 0.6 is 0 Å². The van der Waals surface area contributed by atoms with Gasteiger partial charge in [-0.25, -0.2) is 8.78 Å². The van der Waals surface area contributed by atoms with Crippen LogP contribution in [0.3, 0.4) is 0 Å². The topological polar surface area (TPSA) is 46.2 Å². The van der Waals surface area contributed by atoms with Gasteiger partial charge in [0.05, 0.1) is 5.56 Å². The number of phenols is 1.